The van der Waals surface area contributed by atoms with Crippen molar-refractivity contribution in [1.82, 2.24) is 10.6 Å². The summed E-state index contributed by atoms with van der Waals surface area (Å²) in [6, 6.07) is 0. The molecule has 0 aliphatic carbocycles. The zero-order chi connectivity index (χ0) is 13.1. The highest BCUT2D eigenvalue weighted by atomic mass is 16.2. The van der Waals surface area contributed by atoms with Crippen LogP contribution in [0.4, 0.5) is 0 Å². The molecular weight excluding hydrogens is 218 g/mol. The molecule has 0 bridgehead atoms. The maximum Gasteiger partial charge on any atom is 0.227 e. The summed E-state index contributed by atoms with van der Waals surface area (Å²) in [5.74, 6) is -0.373. The fourth-order valence-electron chi connectivity index (χ4n) is 2.32. The Morgan fingerprint density at radius 2 is 2.12 bits per heavy atom. The van der Waals surface area contributed by atoms with Crippen LogP contribution in [0.25, 0.3) is 0 Å². The second kappa shape index (κ2) is 5.04. The largest absolute Gasteiger partial charge is 0.370 e. The highest BCUT2D eigenvalue weighted by Gasteiger charge is 2.41. The van der Waals surface area contributed by atoms with Crippen LogP contribution in [0, 0.1) is 5.41 Å². The third-order valence-electron chi connectivity index (χ3n) is 3.47. The van der Waals surface area contributed by atoms with Crippen LogP contribution in [-0.4, -0.2) is 30.4 Å². The topological polar surface area (TPSA) is 84.2 Å². The molecule has 1 saturated heterocycles. The van der Waals surface area contributed by atoms with E-state index in [1.54, 1.807) is 0 Å². The first-order chi connectivity index (χ1) is 7.81. The van der Waals surface area contributed by atoms with Gasteiger partial charge < -0.3 is 16.4 Å². The van der Waals surface area contributed by atoms with Crippen LogP contribution in [0.3, 0.4) is 0 Å². The molecule has 1 atom stereocenters. The predicted molar refractivity (Wildman–Crippen MR) is 66.2 cm³/mol. The van der Waals surface area contributed by atoms with E-state index in [4.69, 9.17) is 5.73 Å². The molecule has 0 aromatic carbocycles. The lowest BCUT2D eigenvalue weighted by Gasteiger charge is -2.32. The summed E-state index contributed by atoms with van der Waals surface area (Å²) in [5.41, 5.74) is 4.27. The molecule has 1 aliphatic rings. The molecule has 4 N–H and O–H groups in total. The van der Waals surface area contributed by atoms with E-state index in [0.29, 0.717) is 6.54 Å². The van der Waals surface area contributed by atoms with Crippen molar-refractivity contribution in [3.05, 3.63) is 0 Å². The molecule has 1 unspecified atom stereocenters. The lowest BCUT2D eigenvalue weighted by molar-refractivity contribution is -0.132. The van der Waals surface area contributed by atoms with E-state index >= 15 is 0 Å². The van der Waals surface area contributed by atoms with Gasteiger partial charge in [0, 0.05) is 18.5 Å². The van der Waals surface area contributed by atoms with Crippen molar-refractivity contribution in [2.24, 2.45) is 11.1 Å². The Balaban J connectivity index is 2.67. The van der Waals surface area contributed by atoms with Gasteiger partial charge in [-0.05, 0) is 33.2 Å². The fourth-order valence-corrected chi connectivity index (χ4v) is 2.32. The van der Waals surface area contributed by atoms with Crippen molar-refractivity contribution < 1.29 is 9.59 Å². The van der Waals surface area contributed by atoms with E-state index in [1.807, 2.05) is 20.8 Å². The molecule has 0 aromatic heterocycles. The van der Waals surface area contributed by atoms with Crippen LogP contribution in [0.2, 0.25) is 0 Å². The molecule has 5 heteroatoms. The fraction of sp³-hybridized carbons (Fsp3) is 0.833. The molecule has 17 heavy (non-hydrogen) atoms. The minimum absolute atomic E-state index is 0.0243. The van der Waals surface area contributed by atoms with E-state index in [1.165, 1.54) is 0 Å². The van der Waals surface area contributed by atoms with Gasteiger partial charge in [-0.1, -0.05) is 6.92 Å². The third-order valence-corrected chi connectivity index (χ3v) is 3.47. The Morgan fingerprint density at radius 1 is 1.47 bits per heavy atom. The maximum atomic E-state index is 12.3. The lowest BCUT2D eigenvalue weighted by Crippen LogP contribution is -2.52. The normalized spacial score (nSPS) is 24.6. The first kappa shape index (κ1) is 14.0. The first-order valence-electron chi connectivity index (χ1n) is 6.13. The van der Waals surface area contributed by atoms with Gasteiger partial charge in [0.25, 0.3) is 0 Å². The summed E-state index contributed by atoms with van der Waals surface area (Å²) in [5, 5.41) is 6.16. The minimum Gasteiger partial charge on any atom is -0.370 e. The second-order valence-corrected chi connectivity index (χ2v) is 5.54. The van der Waals surface area contributed by atoms with E-state index in [2.05, 4.69) is 10.6 Å². The average molecular weight is 241 g/mol. The van der Waals surface area contributed by atoms with Gasteiger partial charge in [0.2, 0.25) is 11.8 Å². The van der Waals surface area contributed by atoms with Gasteiger partial charge >= 0.3 is 0 Å². The van der Waals surface area contributed by atoms with Crippen LogP contribution >= 0.6 is 0 Å². The summed E-state index contributed by atoms with van der Waals surface area (Å²) >= 11 is 0. The molecule has 5 nitrogen and oxygen atoms in total. The minimum atomic E-state index is -0.576. The molecule has 2 amide bonds. The van der Waals surface area contributed by atoms with Crippen molar-refractivity contribution in [1.29, 1.82) is 0 Å². The third kappa shape index (κ3) is 3.43. The number of primary amides is 1. The number of carbonyl (C=O) groups excluding carboxylic acids is 2. The number of nitrogens with two attached hydrogens (primary N) is 1. The van der Waals surface area contributed by atoms with Crippen molar-refractivity contribution >= 4 is 11.8 Å². The summed E-state index contributed by atoms with van der Waals surface area (Å²) < 4.78 is 0. The summed E-state index contributed by atoms with van der Waals surface area (Å²) in [7, 11) is 0. The monoisotopic (exact) mass is 241 g/mol. The van der Waals surface area contributed by atoms with E-state index < -0.39 is 11.4 Å². The highest BCUT2D eigenvalue weighted by molar-refractivity contribution is 5.85. The van der Waals surface area contributed by atoms with Crippen LogP contribution in [0.15, 0.2) is 0 Å². The zero-order valence-corrected chi connectivity index (χ0v) is 10.9. The van der Waals surface area contributed by atoms with Crippen LogP contribution < -0.4 is 16.4 Å². The first-order valence-corrected chi connectivity index (χ1v) is 6.13. The van der Waals surface area contributed by atoms with Gasteiger partial charge in [-0.25, -0.2) is 0 Å². The SMILES string of the molecule is CCC1(C(=O)NC(C)(C)CC(N)=O)CCNC1. The Labute approximate surface area is 103 Å². The van der Waals surface area contributed by atoms with Gasteiger partial charge in [-0.15, -0.1) is 0 Å². The van der Waals surface area contributed by atoms with Gasteiger partial charge in [0.05, 0.1) is 5.41 Å². The van der Waals surface area contributed by atoms with Gasteiger partial charge in [0.1, 0.15) is 0 Å². The smallest absolute Gasteiger partial charge is 0.227 e. The molecule has 0 spiro atoms. The van der Waals surface area contributed by atoms with Crippen molar-refractivity contribution in [3.63, 3.8) is 0 Å². The number of nitrogens with one attached hydrogen (secondary N) is 2. The molecular formula is C12H23N3O2. The van der Waals surface area contributed by atoms with Gasteiger partial charge in [0.15, 0.2) is 0 Å². The Morgan fingerprint density at radius 3 is 2.53 bits per heavy atom. The lowest BCUT2D eigenvalue weighted by atomic mass is 9.82. The van der Waals surface area contributed by atoms with Gasteiger partial charge in [-0.3, -0.25) is 9.59 Å². The average Bonchev–Trinajstić information content (AvgIpc) is 2.63. The number of amides is 2. The number of rotatable bonds is 5. The summed E-state index contributed by atoms with van der Waals surface area (Å²) in [6.45, 7) is 7.25. The molecule has 0 saturated carbocycles. The van der Waals surface area contributed by atoms with Gasteiger partial charge in [-0.2, -0.15) is 0 Å². The number of carbonyl (C=O) groups is 2. The quantitative estimate of drug-likeness (QED) is 0.640. The van der Waals surface area contributed by atoms with E-state index in [-0.39, 0.29) is 17.7 Å². The molecule has 1 aliphatic heterocycles. The highest BCUT2D eigenvalue weighted by Crippen LogP contribution is 2.30. The van der Waals surface area contributed by atoms with Crippen LogP contribution in [0.1, 0.15) is 40.0 Å². The number of hydrogen-bond donors (Lipinski definition) is 3. The molecule has 98 valence electrons. The maximum absolute atomic E-state index is 12.3. The van der Waals surface area contributed by atoms with Crippen molar-refractivity contribution in [3.8, 4) is 0 Å². The van der Waals surface area contributed by atoms with Crippen LogP contribution in [-0.2, 0) is 9.59 Å². The predicted octanol–water partition coefficient (Wildman–Crippen LogP) is 0.146. The second-order valence-electron chi connectivity index (χ2n) is 5.54. The Kier molecular flexibility index (Phi) is 4.14. The van der Waals surface area contributed by atoms with E-state index in [0.717, 1.165) is 19.4 Å². The zero-order valence-electron chi connectivity index (χ0n) is 10.9. The van der Waals surface area contributed by atoms with Crippen molar-refractivity contribution in [2.75, 3.05) is 13.1 Å². The van der Waals surface area contributed by atoms with E-state index in [9.17, 15) is 9.59 Å². The molecule has 0 radical (unpaired) electrons. The molecule has 1 fully saturated rings. The Hall–Kier alpha value is -1.10. The summed E-state index contributed by atoms with van der Waals surface area (Å²) in [6.07, 6.45) is 1.81. The van der Waals surface area contributed by atoms with Crippen molar-refractivity contribution in [2.45, 2.75) is 45.6 Å². The molecule has 1 rings (SSSR count). The van der Waals surface area contributed by atoms with Crippen LogP contribution in [0.5, 0.6) is 0 Å². The summed E-state index contributed by atoms with van der Waals surface area (Å²) in [4.78, 5) is 23.2. The Bertz CT molecular complexity index is 307. The molecule has 1 heterocycles. The standard InChI is InChI=1S/C12H23N3O2/c1-4-12(5-6-14-8-12)10(17)15-11(2,3)7-9(13)16/h14H,4-8H2,1-3H3,(H2,13,16)(H,15,17). The molecule has 0 aromatic rings. The number of hydrogen-bond acceptors (Lipinski definition) is 3.